The van der Waals surface area contributed by atoms with Gasteiger partial charge in [-0.3, -0.25) is 19.8 Å². The van der Waals surface area contributed by atoms with E-state index >= 15 is 0 Å². The van der Waals surface area contributed by atoms with E-state index in [0.29, 0.717) is 12.8 Å². The van der Waals surface area contributed by atoms with E-state index in [0.717, 1.165) is 44.3 Å². The fourth-order valence-corrected chi connectivity index (χ4v) is 4.64. The van der Waals surface area contributed by atoms with Crippen molar-refractivity contribution in [1.29, 1.82) is 0 Å². The van der Waals surface area contributed by atoms with Crippen LogP contribution in [-0.4, -0.2) is 73.5 Å². The van der Waals surface area contributed by atoms with Crippen molar-refractivity contribution in [2.24, 2.45) is 5.92 Å². The maximum Gasteiger partial charge on any atom is 0.249 e. The molecule has 3 N–H and O–H groups in total. The minimum Gasteiger partial charge on any atom is -0.374 e. The highest BCUT2D eigenvalue weighted by Crippen LogP contribution is 2.22. The molecule has 7 heteroatoms. The molecule has 2 amide bonds. The van der Waals surface area contributed by atoms with Crippen LogP contribution in [0.4, 0.5) is 5.69 Å². The molecule has 3 fully saturated rings. The van der Waals surface area contributed by atoms with E-state index in [9.17, 15) is 9.59 Å². The third-order valence-electron chi connectivity index (χ3n) is 6.35. The van der Waals surface area contributed by atoms with Crippen LogP contribution in [0.25, 0.3) is 0 Å². The molecule has 4 rings (SSSR count). The van der Waals surface area contributed by atoms with Crippen molar-refractivity contribution in [3.63, 3.8) is 0 Å². The minimum absolute atomic E-state index is 0.179. The van der Waals surface area contributed by atoms with Crippen LogP contribution in [0.2, 0.25) is 0 Å². The Kier molecular flexibility index (Phi) is 6.79. The highest BCUT2D eigenvalue weighted by Gasteiger charge is 2.26. The van der Waals surface area contributed by atoms with Gasteiger partial charge in [0, 0.05) is 51.4 Å². The molecule has 3 saturated heterocycles. The molecule has 0 radical (unpaired) electrons. The van der Waals surface area contributed by atoms with Crippen molar-refractivity contribution in [3.05, 3.63) is 29.8 Å². The average molecular weight is 400 g/mol. The summed E-state index contributed by atoms with van der Waals surface area (Å²) in [6.45, 7) is 9.14. The summed E-state index contributed by atoms with van der Waals surface area (Å²) in [5.74, 6) is 0.422. The number of piperazine rings is 1. The number of rotatable bonds is 6. The summed E-state index contributed by atoms with van der Waals surface area (Å²) in [6.07, 6.45) is 3.50. The largest absolute Gasteiger partial charge is 0.374 e. The number of hydrogen-bond acceptors (Lipinski definition) is 6. The van der Waals surface area contributed by atoms with Gasteiger partial charge >= 0.3 is 0 Å². The van der Waals surface area contributed by atoms with Gasteiger partial charge in [0.1, 0.15) is 6.04 Å². The van der Waals surface area contributed by atoms with E-state index in [1.54, 1.807) is 0 Å². The minimum atomic E-state index is -0.330. The van der Waals surface area contributed by atoms with Crippen molar-refractivity contribution in [1.82, 2.24) is 20.4 Å². The van der Waals surface area contributed by atoms with Gasteiger partial charge in [-0.25, -0.2) is 0 Å². The number of benzene rings is 1. The summed E-state index contributed by atoms with van der Waals surface area (Å²) >= 11 is 0. The molecule has 0 aliphatic carbocycles. The maximum absolute atomic E-state index is 12.0. The smallest absolute Gasteiger partial charge is 0.249 e. The molecular weight excluding hydrogens is 366 g/mol. The molecule has 3 aliphatic heterocycles. The Morgan fingerprint density at radius 2 is 1.79 bits per heavy atom. The van der Waals surface area contributed by atoms with Gasteiger partial charge in [0.2, 0.25) is 11.8 Å². The molecule has 1 aromatic rings. The van der Waals surface area contributed by atoms with Gasteiger partial charge in [0.05, 0.1) is 0 Å². The fourth-order valence-electron chi connectivity index (χ4n) is 4.64. The standard InChI is InChI=1S/C22H33N5O2/c28-21-5-4-20(22(29)25-21)24-19-3-1-2-18(14-19)16-26-10-6-17(7-11-26)15-27-12-8-23-9-13-27/h1-3,14,17,20,23-24H,4-13,15-16H2,(H,25,28,29). The zero-order valence-corrected chi connectivity index (χ0v) is 17.2. The second kappa shape index (κ2) is 9.69. The molecule has 0 spiro atoms. The molecule has 3 heterocycles. The van der Waals surface area contributed by atoms with Crippen LogP contribution in [-0.2, 0) is 16.1 Å². The summed E-state index contributed by atoms with van der Waals surface area (Å²) < 4.78 is 0. The third-order valence-corrected chi connectivity index (χ3v) is 6.35. The SMILES string of the molecule is O=C1CCC(Nc2cccc(CN3CCC(CN4CCNCC4)CC3)c2)C(=O)N1. The lowest BCUT2D eigenvalue weighted by molar-refractivity contribution is -0.133. The lowest BCUT2D eigenvalue weighted by Crippen LogP contribution is -2.47. The lowest BCUT2D eigenvalue weighted by atomic mass is 9.95. The second-order valence-electron chi connectivity index (χ2n) is 8.62. The molecule has 1 unspecified atom stereocenters. The number of piperidine rings is 2. The van der Waals surface area contributed by atoms with Crippen LogP contribution in [0.3, 0.4) is 0 Å². The monoisotopic (exact) mass is 399 g/mol. The number of carbonyl (C=O) groups is 2. The topological polar surface area (TPSA) is 76.7 Å². The van der Waals surface area contributed by atoms with Crippen molar-refractivity contribution in [3.8, 4) is 0 Å². The predicted molar refractivity (Wildman–Crippen MR) is 114 cm³/mol. The number of nitrogens with one attached hydrogen (secondary N) is 3. The molecule has 7 nitrogen and oxygen atoms in total. The number of nitrogens with zero attached hydrogens (tertiary/aromatic N) is 2. The first kappa shape index (κ1) is 20.3. The molecule has 29 heavy (non-hydrogen) atoms. The number of hydrogen-bond donors (Lipinski definition) is 3. The number of carbonyl (C=O) groups excluding carboxylic acids is 2. The summed E-state index contributed by atoms with van der Waals surface area (Å²) in [7, 11) is 0. The van der Waals surface area contributed by atoms with Gasteiger partial charge in [-0.05, 0) is 56.0 Å². The highest BCUT2D eigenvalue weighted by atomic mass is 16.2. The van der Waals surface area contributed by atoms with Crippen molar-refractivity contribution in [2.75, 3.05) is 51.1 Å². The summed E-state index contributed by atoms with van der Waals surface area (Å²) in [5, 5.41) is 9.12. The van der Waals surface area contributed by atoms with Crippen molar-refractivity contribution in [2.45, 2.75) is 38.3 Å². The van der Waals surface area contributed by atoms with Crippen LogP contribution < -0.4 is 16.0 Å². The van der Waals surface area contributed by atoms with Gasteiger partial charge in [0.25, 0.3) is 0 Å². The Morgan fingerprint density at radius 1 is 1.00 bits per heavy atom. The Labute approximate surface area is 173 Å². The average Bonchev–Trinajstić information content (AvgIpc) is 2.73. The molecule has 0 saturated carbocycles. The summed E-state index contributed by atoms with van der Waals surface area (Å²) in [5.41, 5.74) is 2.22. The Bertz CT molecular complexity index is 711. The number of amides is 2. The van der Waals surface area contributed by atoms with Crippen LogP contribution in [0.1, 0.15) is 31.2 Å². The Hall–Kier alpha value is -1.96. The van der Waals surface area contributed by atoms with Crippen molar-refractivity contribution < 1.29 is 9.59 Å². The zero-order chi connectivity index (χ0) is 20.1. The van der Waals surface area contributed by atoms with Gasteiger partial charge < -0.3 is 15.5 Å². The van der Waals surface area contributed by atoms with E-state index in [1.807, 2.05) is 12.1 Å². The first-order valence-electron chi connectivity index (χ1n) is 11.0. The molecular formula is C22H33N5O2. The maximum atomic E-state index is 12.0. The number of likely N-dealkylation sites (tertiary alicyclic amines) is 1. The molecule has 0 aromatic heterocycles. The molecule has 1 aromatic carbocycles. The van der Waals surface area contributed by atoms with Crippen LogP contribution in [0, 0.1) is 5.92 Å². The van der Waals surface area contributed by atoms with Crippen LogP contribution >= 0.6 is 0 Å². The van der Waals surface area contributed by atoms with Crippen LogP contribution in [0.5, 0.6) is 0 Å². The fraction of sp³-hybridized carbons (Fsp3) is 0.636. The Balaban J connectivity index is 1.24. The second-order valence-corrected chi connectivity index (χ2v) is 8.62. The van der Waals surface area contributed by atoms with Gasteiger partial charge in [-0.2, -0.15) is 0 Å². The van der Waals surface area contributed by atoms with E-state index in [-0.39, 0.29) is 17.9 Å². The van der Waals surface area contributed by atoms with E-state index in [2.05, 4.69) is 37.9 Å². The molecule has 158 valence electrons. The van der Waals surface area contributed by atoms with E-state index in [1.165, 1.54) is 38.0 Å². The first-order chi connectivity index (χ1) is 14.2. The summed E-state index contributed by atoms with van der Waals surface area (Å²) in [4.78, 5) is 28.4. The summed E-state index contributed by atoms with van der Waals surface area (Å²) in [6, 6.07) is 8.00. The third kappa shape index (κ3) is 5.78. The first-order valence-corrected chi connectivity index (χ1v) is 11.0. The number of anilines is 1. The highest BCUT2D eigenvalue weighted by molar-refractivity contribution is 6.01. The normalized spacial score (nSPS) is 25.0. The molecule has 0 bridgehead atoms. The van der Waals surface area contributed by atoms with Crippen LogP contribution in [0.15, 0.2) is 24.3 Å². The predicted octanol–water partition coefficient (Wildman–Crippen LogP) is 1.02. The molecule has 3 aliphatic rings. The Morgan fingerprint density at radius 3 is 2.55 bits per heavy atom. The lowest BCUT2D eigenvalue weighted by Gasteiger charge is -2.36. The van der Waals surface area contributed by atoms with Crippen molar-refractivity contribution >= 4 is 17.5 Å². The van der Waals surface area contributed by atoms with Gasteiger partial charge in [0.15, 0.2) is 0 Å². The van der Waals surface area contributed by atoms with Gasteiger partial charge in [-0.15, -0.1) is 0 Å². The van der Waals surface area contributed by atoms with Gasteiger partial charge in [-0.1, -0.05) is 12.1 Å². The van der Waals surface area contributed by atoms with E-state index in [4.69, 9.17) is 0 Å². The molecule has 1 atom stereocenters. The number of imide groups is 1. The van der Waals surface area contributed by atoms with E-state index < -0.39 is 0 Å². The zero-order valence-electron chi connectivity index (χ0n) is 17.2. The quantitative estimate of drug-likeness (QED) is 0.620.